The Kier molecular flexibility index (Phi) is 2.34. The van der Waals surface area contributed by atoms with Gasteiger partial charge in [-0.05, 0) is 24.6 Å². The van der Waals surface area contributed by atoms with E-state index in [9.17, 15) is 4.79 Å². The van der Waals surface area contributed by atoms with Crippen LogP contribution in [0.15, 0.2) is 18.2 Å². The van der Waals surface area contributed by atoms with E-state index in [2.05, 4.69) is 5.32 Å². The molecule has 0 aliphatic carbocycles. The average Bonchev–Trinajstić information content (AvgIpc) is 2.30. The second-order valence-corrected chi connectivity index (χ2v) is 3.52. The fourth-order valence-corrected chi connectivity index (χ4v) is 1.85. The maximum absolute atomic E-state index is 11.5. The van der Waals surface area contributed by atoms with E-state index in [0.717, 1.165) is 24.1 Å². The van der Waals surface area contributed by atoms with Crippen LogP contribution in [0, 0.1) is 0 Å². The number of carbonyl (C=O) groups excluding carboxylic acids is 1. The van der Waals surface area contributed by atoms with E-state index >= 15 is 0 Å². The molecule has 1 aromatic carbocycles. The van der Waals surface area contributed by atoms with Crippen molar-refractivity contribution in [2.24, 2.45) is 0 Å². The Morgan fingerprint density at radius 3 is 3.08 bits per heavy atom. The summed E-state index contributed by atoms with van der Waals surface area (Å²) in [7, 11) is 0. The van der Waals surface area contributed by atoms with Crippen molar-refractivity contribution >= 4 is 17.4 Å². The monoisotopic (exact) mass is 195 g/mol. The van der Waals surface area contributed by atoms with Gasteiger partial charge in [0.15, 0.2) is 5.78 Å². The lowest BCUT2D eigenvalue weighted by molar-refractivity contribution is 0.0994. The van der Waals surface area contributed by atoms with Crippen molar-refractivity contribution in [2.75, 3.05) is 13.1 Å². The van der Waals surface area contributed by atoms with Crippen molar-refractivity contribution in [2.45, 2.75) is 6.42 Å². The Morgan fingerprint density at radius 2 is 2.23 bits per heavy atom. The number of halogens is 1. The molecule has 1 heterocycles. The van der Waals surface area contributed by atoms with Crippen LogP contribution < -0.4 is 5.32 Å². The number of ketones is 1. The first-order valence-corrected chi connectivity index (χ1v) is 4.68. The minimum absolute atomic E-state index is 0.134. The predicted molar refractivity (Wildman–Crippen MR) is 52.4 cm³/mol. The molecule has 0 saturated carbocycles. The maximum atomic E-state index is 11.5. The van der Waals surface area contributed by atoms with Crippen LogP contribution in [0.2, 0.25) is 5.02 Å². The zero-order valence-corrected chi connectivity index (χ0v) is 7.90. The van der Waals surface area contributed by atoms with Crippen LogP contribution >= 0.6 is 11.6 Å². The predicted octanol–water partition coefficient (Wildman–Crippen LogP) is 1.67. The third-order valence-corrected chi connectivity index (χ3v) is 2.61. The van der Waals surface area contributed by atoms with E-state index in [-0.39, 0.29) is 5.78 Å². The molecule has 3 heteroatoms. The van der Waals surface area contributed by atoms with Crippen molar-refractivity contribution < 1.29 is 4.79 Å². The normalized spacial score (nSPS) is 16.5. The highest BCUT2D eigenvalue weighted by molar-refractivity contribution is 6.32. The first kappa shape index (κ1) is 8.73. The number of hydrogen-bond donors (Lipinski definition) is 1. The van der Waals surface area contributed by atoms with E-state index < -0.39 is 0 Å². The van der Waals surface area contributed by atoms with Gasteiger partial charge in [-0.2, -0.15) is 0 Å². The Balaban J connectivity index is 2.54. The maximum Gasteiger partial charge on any atom is 0.176 e. The fraction of sp³-hybridized carbons (Fsp3) is 0.300. The highest BCUT2D eigenvalue weighted by Gasteiger charge is 2.16. The van der Waals surface area contributed by atoms with Crippen molar-refractivity contribution in [3.8, 4) is 0 Å². The quantitative estimate of drug-likeness (QED) is 0.683. The molecule has 13 heavy (non-hydrogen) atoms. The highest BCUT2D eigenvalue weighted by Crippen LogP contribution is 2.21. The molecular weight excluding hydrogens is 186 g/mol. The van der Waals surface area contributed by atoms with Gasteiger partial charge < -0.3 is 5.32 Å². The van der Waals surface area contributed by atoms with Crippen molar-refractivity contribution in [3.63, 3.8) is 0 Å². The topological polar surface area (TPSA) is 29.1 Å². The molecule has 2 nitrogen and oxygen atoms in total. The summed E-state index contributed by atoms with van der Waals surface area (Å²) in [6.45, 7) is 1.25. The number of nitrogens with one attached hydrogen (secondary N) is 1. The Morgan fingerprint density at radius 1 is 1.38 bits per heavy atom. The zero-order chi connectivity index (χ0) is 9.26. The molecule has 0 aromatic heterocycles. The van der Waals surface area contributed by atoms with Gasteiger partial charge >= 0.3 is 0 Å². The van der Waals surface area contributed by atoms with Crippen LogP contribution in [0.25, 0.3) is 0 Å². The molecule has 2 rings (SSSR count). The number of rotatable bonds is 0. The van der Waals surface area contributed by atoms with Gasteiger partial charge in [0.25, 0.3) is 0 Å². The Hall–Kier alpha value is -0.860. The van der Waals surface area contributed by atoms with E-state index in [1.807, 2.05) is 18.2 Å². The summed E-state index contributed by atoms with van der Waals surface area (Å²) < 4.78 is 0. The molecule has 0 amide bonds. The molecule has 1 aliphatic rings. The first-order chi connectivity index (χ1) is 6.29. The Labute approximate surface area is 81.9 Å². The molecule has 68 valence electrons. The second-order valence-electron chi connectivity index (χ2n) is 3.12. The molecule has 1 aromatic rings. The molecule has 0 bridgehead atoms. The summed E-state index contributed by atoms with van der Waals surface area (Å²) in [6, 6.07) is 5.50. The summed E-state index contributed by atoms with van der Waals surface area (Å²) in [4.78, 5) is 11.5. The van der Waals surface area contributed by atoms with Crippen molar-refractivity contribution in [3.05, 3.63) is 34.3 Å². The molecule has 0 atom stereocenters. The fourth-order valence-electron chi connectivity index (χ4n) is 1.58. The zero-order valence-electron chi connectivity index (χ0n) is 7.14. The van der Waals surface area contributed by atoms with E-state index in [4.69, 9.17) is 11.6 Å². The smallest absolute Gasteiger partial charge is 0.176 e. The highest BCUT2D eigenvalue weighted by atomic mass is 35.5. The number of hydrogen-bond acceptors (Lipinski definition) is 2. The minimum atomic E-state index is 0.134. The van der Waals surface area contributed by atoms with Gasteiger partial charge in [-0.15, -0.1) is 0 Å². The van der Waals surface area contributed by atoms with Gasteiger partial charge in [0.1, 0.15) is 0 Å². The molecule has 1 N–H and O–H groups in total. The summed E-state index contributed by atoms with van der Waals surface area (Å²) >= 11 is 6.00. The van der Waals surface area contributed by atoms with Gasteiger partial charge in [-0.1, -0.05) is 23.7 Å². The minimum Gasteiger partial charge on any atom is -0.309 e. The van der Waals surface area contributed by atoms with Crippen LogP contribution in [0.3, 0.4) is 0 Å². The van der Waals surface area contributed by atoms with Crippen LogP contribution in [-0.2, 0) is 6.42 Å². The molecule has 0 saturated heterocycles. The van der Waals surface area contributed by atoms with Crippen LogP contribution in [0.4, 0.5) is 0 Å². The van der Waals surface area contributed by atoms with Crippen molar-refractivity contribution in [1.29, 1.82) is 0 Å². The number of Topliss-reactive ketones (excluding diaryl/α,β-unsaturated/α-hetero) is 1. The summed E-state index contributed by atoms with van der Waals surface area (Å²) in [5, 5.41) is 3.77. The first-order valence-electron chi connectivity index (χ1n) is 4.30. The lowest BCUT2D eigenvalue weighted by atomic mass is 10.0. The van der Waals surface area contributed by atoms with Crippen LogP contribution in [-0.4, -0.2) is 18.9 Å². The summed E-state index contributed by atoms with van der Waals surface area (Å²) in [6.07, 6.45) is 0.834. The summed E-state index contributed by atoms with van der Waals surface area (Å²) in [5.74, 6) is 0.134. The lowest BCUT2D eigenvalue weighted by Crippen LogP contribution is -2.21. The van der Waals surface area contributed by atoms with E-state index in [0.29, 0.717) is 11.6 Å². The van der Waals surface area contributed by atoms with Crippen molar-refractivity contribution in [1.82, 2.24) is 5.32 Å². The number of fused-ring (bicyclic) bond motifs is 1. The molecule has 0 unspecified atom stereocenters. The van der Waals surface area contributed by atoms with Gasteiger partial charge in [-0.25, -0.2) is 0 Å². The molecular formula is C10H10ClNO. The third kappa shape index (κ3) is 1.60. The van der Waals surface area contributed by atoms with Gasteiger partial charge in [0.2, 0.25) is 0 Å². The lowest BCUT2D eigenvalue weighted by Gasteiger charge is -2.04. The number of carbonyl (C=O) groups is 1. The molecule has 1 aliphatic heterocycles. The van der Waals surface area contributed by atoms with Gasteiger partial charge in [0, 0.05) is 10.6 Å². The Bertz CT molecular complexity index is 349. The van der Waals surface area contributed by atoms with Crippen LogP contribution in [0.5, 0.6) is 0 Å². The number of benzene rings is 1. The molecule has 0 spiro atoms. The standard InChI is InChI=1S/C10H10ClNO/c11-9-3-1-2-8-7(9)4-5-12-6-10(8)13/h1-3,12H,4-6H2. The van der Waals surface area contributed by atoms with Gasteiger partial charge in [-0.3, -0.25) is 4.79 Å². The SMILES string of the molecule is O=C1CNCCc2c(Cl)cccc21. The van der Waals surface area contributed by atoms with E-state index in [1.165, 1.54) is 0 Å². The average molecular weight is 196 g/mol. The largest absolute Gasteiger partial charge is 0.309 e. The van der Waals surface area contributed by atoms with Crippen LogP contribution in [0.1, 0.15) is 15.9 Å². The third-order valence-electron chi connectivity index (χ3n) is 2.26. The summed E-state index contributed by atoms with van der Waals surface area (Å²) in [5.41, 5.74) is 1.76. The van der Waals surface area contributed by atoms with E-state index in [1.54, 1.807) is 0 Å². The molecule has 0 fully saturated rings. The second kappa shape index (κ2) is 3.48. The van der Waals surface area contributed by atoms with Gasteiger partial charge in [0.05, 0.1) is 6.54 Å². The molecule has 0 radical (unpaired) electrons.